The molecule has 0 saturated carbocycles. The van der Waals surface area contributed by atoms with Gasteiger partial charge in [0.2, 0.25) is 5.91 Å². The minimum atomic E-state index is -4.00. The Morgan fingerprint density at radius 2 is 1.71 bits per heavy atom. The molecule has 0 spiro atoms. The van der Waals surface area contributed by atoms with Crippen molar-refractivity contribution in [2.45, 2.75) is 24.7 Å². The average Bonchev–Trinajstić information content (AvgIpc) is 2.85. The minimum Gasteiger partial charge on any atom is -0.497 e. The van der Waals surface area contributed by atoms with Gasteiger partial charge >= 0.3 is 0 Å². The summed E-state index contributed by atoms with van der Waals surface area (Å²) in [5.41, 5.74) is 2.27. The molecule has 0 aromatic heterocycles. The summed E-state index contributed by atoms with van der Waals surface area (Å²) in [7, 11) is -0.906. The molecule has 3 rings (SSSR count). The van der Waals surface area contributed by atoms with E-state index in [2.05, 4.69) is 5.32 Å². The zero-order chi connectivity index (χ0) is 24.6. The zero-order valence-electron chi connectivity index (χ0n) is 19.7. The largest absolute Gasteiger partial charge is 0.497 e. The van der Waals surface area contributed by atoms with Crippen LogP contribution in [0.15, 0.2) is 77.7 Å². The molecule has 0 unspecified atom stereocenters. The molecule has 34 heavy (non-hydrogen) atoms. The third-order valence-electron chi connectivity index (χ3n) is 5.32. The fourth-order valence-electron chi connectivity index (χ4n) is 3.55. The van der Waals surface area contributed by atoms with Crippen LogP contribution < -0.4 is 19.1 Å². The van der Waals surface area contributed by atoms with Gasteiger partial charge in [0.05, 0.1) is 24.8 Å². The molecule has 0 aliphatic heterocycles. The van der Waals surface area contributed by atoms with Gasteiger partial charge in [-0.2, -0.15) is 0 Å². The lowest BCUT2D eigenvalue weighted by molar-refractivity contribution is -0.119. The van der Waals surface area contributed by atoms with E-state index >= 15 is 0 Å². The van der Waals surface area contributed by atoms with Crippen LogP contribution in [0.1, 0.15) is 17.5 Å². The molecule has 3 aromatic rings. The van der Waals surface area contributed by atoms with Crippen LogP contribution in [0.2, 0.25) is 0 Å². The fourth-order valence-corrected chi connectivity index (χ4v) is 4.99. The van der Waals surface area contributed by atoms with Gasteiger partial charge in [0, 0.05) is 6.54 Å². The number of carbonyl (C=O) groups excluding carboxylic acids is 1. The Bertz CT molecular complexity index is 1210. The van der Waals surface area contributed by atoms with E-state index in [-0.39, 0.29) is 11.4 Å². The van der Waals surface area contributed by atoms with Crippen molar-refractivity contribution in [3.63, 3.8) is 0 Å². The van der Waals surface area contributed by atoms with Crippen LogP contribution in [0, 0.1) is 6.92 Å². The topological polar surface area (TPSA) is 84.9 Å². The Morgan fingerprint density at radius 1 is 0.941 bits per heavy atom. The third-order valence-corrected chi connectivity index (χ3v) is 7.09. The van der Waals surface area contributed by atoms with Gasteiger partial charge in [-0.05, 0) is 67.3 Å². The van der Waals surface area contributed by atoms with Crippen molar-refractivity contribution in [3.8, 4) is 11.5 Å². The predicted octanol–water partition coefficient (Wildman–Crippen LogP) is 3.96. The number of amides is 1. The molecule has 7 nitrogen and oxygen atoms in total. The Labute approximate surface area is 201 Å². The van der Waals surface area contributed by atoms with Crippen LogP contribution in [-0.2, 0) is 21.2 Å². The highest BCUT2D eigenvalue weighted by molar-refractivity contribution is 7.92. The van der Waals surface area contributed by atoms with Gasteiger partial charge in [-0.1, -0.05) is 36.4 Å². The van der Waals surface area contributed by atoms with E-state index in [1.807, 2.05) is 37.3 Å². The first-order valence-electron chi connectivity index (χ1n) is 11.0. The van der Waals surface area contributed by atoms with Crippen LogP contribution >= 0.6 is 0 Å². The van der Waals surface area contributed by atoms with Crippen molar-refractivity contribution in [1.29, 1.82) is 0 Å². The highest BCUT2D eigenvalue weighted by Gasteiger charge is 2.29. The molecule has 0 atom stereocenters. The molecule has 3 aromatic carbocycles. The smallest absolute Gasteiger partial charge is 0.264 e. The standard InChI is InChI=1S/C26H30N2O5S/c1-20-14-15-25(33-3)24(17-20)28(34(30,31)23-12-5-4-6-13-23)19-26(29)27-16-8-10-21-9-7-11-22(18-21)32-2/h4-7,9,11-15,17-18H,8,10,16,19H2,1-3H3,(H,27,29). The SMILES string of the molecule is COc1cccc(CCCNC(=O)CN(c2cc(C)ccc2OC)S(=O)(=O)c2ccccc2)c1. The monoisotopic (exact) mass is 482 g/mol. The maximum absolute atomic E-state index is 13.5. The summed E-state index contributed by atoms with van der Waals surface area (Å²) in [6.45, 7) is 1.91. The van der Waals surface area contributed by atoms with Crippen molar-refractivity contribution >= 4 is 21.6 Å². The highest BCUT2D eigenvalue weighted by atomic mass is 32.2. The quantitative estimate of drug-likeness (QED) is 0.418. The molecule has 0 saturated heterocycles. The summed E-state index contributed by atoms with van der Waals surface area (Å²) in [6.07, 6.45) is 1.47. The summed E-state index contributed by atoms with van der Waals surface area (Å²) >= 11 is 0. The molecule has 0 heterocycles. The first-order valence-corrected chi connectivity index (χ1v) is 12.4. The van der Waals surface area contributed by atoms with Crippen molar-refractivity contribution in [3.05, 3.63) is 83.9 Å². The Morgan fingerprint density at radius 3 is 2.41 bits per heavy atom. The molecule has 1 N–H and O–H groups in total. The maximum Gasteiger partial charge on any atom is 0.264 e. The summed E-state index contributed by atoms with van der Waals surface area (Å²) in [4.78, 5) is 12.9. The number of carbonyl (C=O) groups is 1. The molecule has 0 radical (unpaired) electrons. The van der Waals surface area contributed by atoms with E-state index < -0.39 is 15.9 Å². The second-order valence-electron chi connectivity index (χ2n) is 7.81. The van der Waals surface area contributed by atoms with E-state index in [4.69, 9.17) is 9.47 Å². The predicted molar refractivity (Wildman–Crippen MR) is 133 cm³/mol. The number of benzene rings is 3. The van der Waals surface area contributed by atoms with Crippen LogP contribution in [0.5, 0.6) is 11.5 Å². The number of nitrogens with one attached hydrogen (secondary N) is 1. The summed E-state index contributed by atoms with van der Waals surface area (Å²) < 4.78 is 38.8. The number of ether oxygens (including phenoxy) is 2. The number of hydrogen-bond donors (Lipinski definition) is 1. The molecular weight excluding hydrogens is 452 g/mol. The van der Waals surface area contributed by atoms with Crippen LogP contribution in [0.3, 0.4) is 0 Å². The van der Waals surface area contributed by atoms with E-state index in [0.29, 0.717) is 24.4 Å². The van der Waals surface area contributed by atoms with Crippen LogP contribution in [0.4, 0.5) is 5.69 Å². The molecule has 0 bridgehead atoms. The first kappa shape index (κ1) is 25.1. The van der Waals surface area contributed by atoms with Crippen molar-refractivity contribution in [1.82, 2.24) is 5.32 Å². The molecule has 0 fully saturated rings. The van der Waals surface area contributed by atoms with Crippen LogP contribution in [-0.4, -0.2) is 41.6 Å². The number of hydrogen-bond acceptors (Lipinski definition) is 5. The second-order valence-corrected chi connectivity index (χ2v) is 9.67. The molecule has 0 aliphatic carbocycles. The number of anilines is 1. The molecule has 180 valence electrons. The van der Waals surface area contributed by atoms with Gasteiger partial charge in [-0.15, -0.1) is 0 Å². The number of sulfonamides is 1. The fraction of sp³-hybridized carbons (Fsp3) is 0.269. The van der Waals surface area contributed by atoms with E-state index in [9.17, 15) is 13.2 Å². The normalized spacial score (nSPS) is 11.0. The van der Waals surface area contributed by atoms with E-state index in [0.717, 1.165) is 27.6 Å². The van der Waals surface area contributed by atoms with Gasteiger partial charge in [-0.25, -0.2) is 8.42 Å². The molecular formula is C26H30N2O5S. The third kappa shape index (κ3) is 6.29. The Hall–Kier alpha value is -3.52. The Balaban J connectivity index is 1.75. The summed E-state index contributed by atoms with van der Waals surface area (Å²) in [5, 5.41) is 2.84. The molecule has 8 heteroatoms. The average molecular weight is 483 g/mol. The first-order chi connectivity index (χ1) is 16.3. The maximum atomic E-state index is 13.5. The van der Waals surface area contributed by atoms with Gasteiger partial charge in [0.15, 0.2) is 0 Å². The molecule has 0 aliphatic rings. The van der Waals surface area contributed by atoms with Gasteiger partial charge in [-0.3, -0.25) is 9.10 Å². The van der Waals surface area contributed by atoms with Gasteiger partial charge in [0.1, 0.15) is 18.0 Å². The highest BCUT2D eigenvalue weighted by Crippen LogP contribution is 2.33. The van der Waals surface area contributed by atoms with E-state index in [1.54, 1.807) is 37.4 Å². The lowest BCUT2D eigenvalue weighted by atomic mass is 10.1. The minimum absolute atomic E-state index is 0.101. The summed E-state index contributed by atoms with van der Waals surface area (Å²) in [5.74, 6) is 0.764. The number of rotatable bonds is 11. The van der Waals surface area contributed by atoms with Crippen molar-refractivity contribution in [2.24, 2.45) is 0 Å². The Kier molecular flexibility index (Phi) is 8.54. The summed E-state index contributed by atoms with van der Waals surface area (Å²) in [6, 6.07) is 21.1. The lowest BCUT2D eigenvalue weighted by Gasteiger charge is -2.26. The number of methoxy groups -OCH3 is 2. The van der Waals surface area contributed by atoms with E-state index in [1.165, 1.54) is 19.2 Å². The zero-order valence-corrected chi connectivity index (χ0v) is 20.5. The number of nitrogens with zero attached hydrogens (tertiary/aromatic N) is 1. The van der Waals surface area contributed by atoms with Crippen molar-refractivity contribution < 1.29 is 22.7 Å². The second kappa shape index (κ2) is 11.6. The number of aryl methyl sites for hydroxylation is 2. The molecule has 1 amide bonds. The van der Waals surface area contributed by atoms with Crippen LogP contribution in [0.25, 0.3) is 0 Å². The lowest BCUT2D eigenvalue weighted by Crippen LogP contribution is -2.41. The van der Waals surface area contributed by atoms with Gasteiger partial charge in [0.25, 0.3) is 10.0 Å². The van der Waals surface area contributed by atoms with Gasteiger partial charge < -0.3 is 14.8 Å². The van der Waals surface area contributed by atoms with Crippen molar-refractivity contribution in [2.75, 3.05) is 31.6 Å².